The highest BCUT2D eigenvalue weighted by Crippen LogP contribution is 2.37. The first kappa shape index (κ1) is 16.8. The zero-order chi connectivity index (χ0) is 16.8. The number of halogens is 1. The SMILES string of the molecule is CC(C)(O)C(C)(C)OBc1ccc2sc3cccc(Cl)c3c2c1. The summed E-state index contributed by atoms with van der Waals surface area (Å²) in [5, 5.41) is 13.3. The van der Waals surface area contributed by atoms with Crippen LogP contribution in [0.2, 0.25) is 5.02 Å². The summed E-state index contributed by atoms with van der Waals surface area (Å²) in [6.07, 6.45) is 0. The second-order valence-corrected chi connectivity index (χ2v) is 8.39. The van der Waals surface area contributed by atoms with E-state index in [1.165, 1.54) is 9.40 Å². The van der Waals surface area contributed by atoms with Crippen LogP contribution >= 0.6 is 22.9 Å². The highest BCUT2D eigenvalue weighted by molar-refractivity contribution is 7.26. The van der Waals surface area contributed by atoms with E-state index in [9.17, 15) is 5.11 Å². The van der Waals surface area contributed by atoms with Crippen LogP contribution in [0.15, 0.2) is 36.4 Å². The van der Waals surface area contributed by atoms with Crippen molar-refractivity contribution in [2.75, 3.05) is 0 Å². The van der Waals surface area contributed by atoms with Gasteiger partial charge in [0.05, 0.1) is 11.2 Å². The first-order valence-electron chi connectivity index (χ1n) is 7.65. The molecule has 0 aliphatic heterocycles. The summed E-state index contributed by atoms with van der Waals surface area (Å²) < 4.78 is 8.39. The monoisotopic (exact) mass is 346 g/mol. The molecule has 3 rings (SSSR count). The van der Waals surface area contributed by atoms with Crippen molar-refractivity contribution in [2.45, 2.75) is 38.9 Å². The largest absolute Gasteiger partial charge is 0.427 e. The number of hydrogen-bond donors (Lipinski definition) is 1. The summed E-state index contributed by atoms with van der Waals surface area (Å²) in [5.41, 5.74) is -0.458. The van der Waals surface area contributed by atoms with Gasteiger partial charge in [-0.1, -0.05) is 35.3 Å². The Bertz CT molecular complexity index is 864. The van der Waals surface area contributed by atoms with Crippen LogP contribution in [0.5, 0.6) is 0 Å². The fourth-order valence-corrected chi connectivity index (χ4v) is 3.81. The Hall–Kier alpha value is -1.07. The Kier molecular flexibility index (Phi) is 4.22. The lowest BCUT2D eigenvalue weighted by Gasteiger charge is -2.37. The van der Waals surface area contributed by atoms with Crippen LogP contribution in [0, 0.1) is 0 Å². The highest BCUT2D eigenvalue weighted by Gasteiger charge is 2.35. The molecule has 2 aromatic carbocycles. The quantitative estimate of drug-likeness (QED) is 0.716. The van der Waals surface area contributed by atoms with Gasteiger partial charge in [-0.3, -0.25) is 0 Å². The van der Waals surface area contributed by atoms with Crippen LogP contribution in [0.3, 0.4) is 0 Å². The molecular weight excluding hydrogens is 327 g/mol. The van der Waals surface area contributed by atoms with Crippen LogP contribution in [-0.4, -0.2) is 23.8 Å². The minimum Gasteiger partial charge on any atom is -0.427 e. The van der Waals surface area contributed by atoms with E-state index in [1.54, 1.807) is 25.2 Å². The predicted octanol–water partition coefficient (Wildman–Crippen LogP) is 4.25. The molecule has 0 spiro atoms. The maximum Gasteiger partial charge on any atom is 0.309 e. The summed E-state index contributed by atoms with van der Waals surface area (Å²) in [6, 6.07) is 12.3. The van der Waals surface area contributed by atoms with Crippen molar-refractivity contribution in [1.29, 1.82) is 0 Å². The summed E-state index contributed by atoms with van der Waals surface area (Å²) in [6.45, 7) is 7.34. The molecule has 0 bridgehead atoms. The predicted molar refractivity (Wildman–Crippen MR) is 103 cm³/mol. The molecule has 0 saturated carbocycles. The van der Waals surface area contributed by atoms with Gasteiger partial charge in [0.15, 0.2) is 0 Å². The molecule has 0 aliphatic carbocycles. The Balaban J connectivity index is 1.96. The van der Waals surface area contributed by atoms with Crippen molar-refractivity contribution in [1.82, 2.24) is 0 Å². The lowest BCUT2D eigenvalue weighted by Crippen LogP contribution is -2.49. The van der Waals surface area contributed by atoms with E-state index >= 15 is 0 Å². The van der Waals surface area contributed by atoms with Gasteiger partial charge in [0, 0.05) is 25.2 Å². The van der Waals surface area contributed by atoms with E-state index in [2.05, 4.69) is 24.3 Å². The van der Waals surface area contributed by atoms with E-state index in [4.69, 9.17) is 16.3 Å². The lowest BCUT2D eigenvalue weighted by atomic mass is 9.82. The van der Waals surface area contributed by atoms with E-state index in [-0.39, 0.29) is 0 Å². The molecule has 5 heteroatoms. The molecule has 120 valence electrons. The van der Waals surface area contributed by atoms with Crippen LogP contribution in [0.25, 0.3) is 20.2 Å². The van der Waals surface area contributed by atoms with Gasteiger partial charge in [-0.25, -0.2) is 0 Å². The third-order valence-electron chi connectivity index (χ3n) is 4.58. The molecule has 23 heavy (non-hydrogen) atoms. The van der Waals surface area contributed by atoms with E-state index in [0.717, 1.165) is 21.3 Å². The number of aliphatic hydroxyl groups is 1. The second-order valence-electron chi connectivity index (χ2n) is 6.90. The van der Waals surface area contributed by atoms with Crippen molar-refractivity contribution < 1.29 is 9.76 Å². The number of thiophene rings is 1. The van der Waals surface area contributed by atoms with Gasteiger partial charge in [0.25, 0.3) is 0 Å². The van der Waals surface area contributed by atoms with Crippen molar-refractivity contribution in [3.63, 3.8) is 0 Å². The van der Waals surface area contributed by atoms with Crippen LogP contribution in [-0.2, 0) is 4.65 Å². The van der Waals surface area contributed by atoms with Crippen LogP contribution in [0.1, 0.15) is 27.7 Å². The Morgan fingerprint density at radius 1 is 1.09 bits per heavy atom. The molecule has 0 atom stereocenters. The standard InChI is InChI=1S/C18H20BClO2S/c1-17(2,21)18(3,4)22-19-11-8-9-14-12(10-11)16-13(20)6-5-7-15(16)23-14/h5-10,19,21H,1-4H3. The van der Waals surface area contributed by atoms with Crippen molar-refractivity contribution in [3.8, 4) is 0 Å². The molecular formula is C18H20BClO2S. The smallest absolute Gasteiger partial charge is 0.309 e. The van der Waals surface area contributed by atoms with Gasteiger partial charge in [0.2, 0.25) is 0 Å². The summed E-state index contributed by atoms with van der Waals surface area (Å²) in [7, 11) is 0.453. The molecule has 1 N–H and O–H groups in total. The lowest BCUT2D eigenvalue weighted by molar-refractivity contribution is -0.0893. The average molecular weight is 347 g/mol. The molecule has 1 aromatic heterocycles. The first-order valence-corrected chi connectivity index (χ1v) is 8.84. The summed E-state index contributed by atoms with van der Waals surface area (Å²) in [4.78, 5) is 0. The van der Waals surface area contributed by atoms with E-state index in [1.807, 2.05) is 26.0 Å². The van der Waals surface area contributed by atoms with Crippen molar-refractivity contribution in [2.24, 2.45) is 0 Å². The average Bonchev–Trinajstić information content (AvgIpc) is 2.83. The van der Waals surface area contributed by atoms with E-state index in [0.29, 0.717) is 7.48 Å². The Morgan fingerprint density at radius 3 is 2.52 bits per heavy atom. The van der Waals surface area contributed by atoms with Gasteiger partial charge in [-0.15, -0.1) is 11.3 Å². The van der Waals surface area contributed by atoms with Crippen LogP contribution < -0.4 is 5.46 Å². The summed E-state index contributed by atoms with van der Waals surface area (Å²) in [5.74, 6) is 0. The van der Waals surface area contributed by atoms with Crippen molar-refractivity contribution in [3.05, 3.63) is 41.4 Å². The first-order chi connectivity index (χ1) is 10.7. The molecule has 0 fully saturated rings. The fourth-order valence-electron chi connectivity index (χ4n) is 2.36. The minimum absolute atomic E-state index is 0.453. The fraction of sp³-hybridized carbons (Fsp3) is 0.333. The van der Waals surface area contributed by atoms with Crippen LogP contribution in [0.4, 0.5) is 0 Å². The zero-order valence-corrected chi connectivity index (χ0v) is 15.4. The van der Waals surface area contributed by atoms with Crippen molar-refractivity contribution >= 4 is 56.1 Å². The Morgan fingerprint density at radius 2 is 1.83 bits per heavy atom. The molecule has 3 aromatic rings. The molecule has 0 saturated heterocycles. The van der Waals surface area contributed by atoms with Gasteiger partial charge < -0.3 is 9.76 Å². The zero-order valence-electron chi connectivity index (χ0n) is 13.8. The number of rotatable bonds is 4. The highest BCUT2D eigenvalue weighted by atomic mass is 35.5. The molecule has 0 aliphatic rings. The topological polar surface area (TPSA) is 29.5 Å². The van der Waals surface area contributed by atoms with Gasteiger partial charge in [-0.2, -0.15) is 0 Å². The third kappa shape index (κ3) is 3.13. The third-order valence-corrected chi connectivity index (χ3v) is 6.03. The second kappa shape index (κ2) is 5.78. The summed E-state index contributed by atoms with van der Waals surface area (Å²) >= 11 is 8.13. The van der Waals surface area contributed by atoms with Gasteiger partial charge >= 0.3 is 7.48 Å². The molecule has 0 unspecified atom stereocenters. The van der Waals surface area contributed by atoms with Gasteiger partial charge in [-0.05, 0) is 45.9 Å². The molecule has 0 amide bonds. The molecule has 1 heterocycles. The molecule has 2 nitrogen and oxygen atoms in total. The maximum absolute atomic E-state index is 10.2. The number of hydrogen-bond acceptors (Lipinski definition) is 3. The Labute approximate surface area is 146 Å². The normalized spacial score (nSPS) is 13.0. The van der Waals surface area contributed by atoms with E-state index < -0.39 is 11.2 Å². The number of fused-ring (bicyclic) bond motifs is 3. The maximum atomic E-state index is 10.2. The molecule has 0 radical (unpaired) electrons. The minimum atomic E-state index is -0.907. The number of benzene rings is 2. The van der Waals surface area contributed by atoms with Gasteiger partial charge in [0.1, 0.15) is 0 Å².